The van der Waals surface area contributed by atoms with Crippen molar-refractivity contribution in [2.24, 2.45) is 0 Å². The van der Waals surface area contributed by atoms with E-state index in [9.17, 15) is 4.79 Å². The first kappa shape index (κ1) is 14.3. The van der Waals surface area contributed by atoms with E-state index in [0.29, 0.717) is 18.9 Å². The number of amides is 1. The standard InChI is InChI=1S/C18H18N2O2/c1-12-5-3-4-6-15(12)10-18(21)19-11-14-7-8-16-17(9-14)22-13(2)20-16/h3-9H,10-11H2,1-2H3,(H,19,21). The SMILES string of the molecule is Cc1nc2ccc(CNC(=O)Cc3ccccc3C)cc2o1. The number of hydrogen-bond acceptors (Lipinski definition) is 3. The fourth-order valence-electron chi connectivity index (χ4n) is 2.44. The molecule has 0 bridgehead atoms. The molecule has 3 rings (SSSR count). The van der Waals surface area contributed by atoms with Crippen molar-refractivity contribution < 1.29 is 9.21 Å². The number of nitrogens with one attached hydrogen (secondary N) is 1. The second-order valence-electron chi connectivity index (χ2n) is 5.41. The van der Waals surface area contributed by atoms with Crippen LogP contribution in [0, 0.1) is 13.8 Å². The maximum atomic E-state index is 12.1. The monoisotopic (exact) mass is 294 g/mol. The van der Waals surface area contributed by atoms with Gasteiger partial charge in [0.2, 0.25) is 5.91 Å². The Morgan fingerprint density at radius 2 is 2.00 bits per heavy atom. The molecule has 0 aliphatic rings. The number of aromatic nitrogens is 1. The van der Waals surface area contributed by atoms with Crippen molar-refractivity contribution >= 4 is 17.0 Å². The first-order chi connectivity index (χ1) is 10.6. The molecule has 0 spiro atoms. The minimum atomic E-state index is 0.0168. The van der Waals surface area contributed by atoms with Crippen molar-refractivity contribution in [2.45, 2.75) is 26.8 Å². The van der Waals surface area contributed by atoms with E-state index < -0.39 is 0 Å². The largest absolute Gasteiger partial charge is 0.441 e. The average Bonchev–Trinajstić information content (AvgIpc) is 2.87. The van der Waals surface area contributed by atoms with E-state index >= 15 is 0 Å². The third kappa shape index (κ3) is 3.17. The van der Waals surface area contributed by atoms with Crippen molar-refractivity contribution in [1.82, 2.24) is 10.3 Å². The van der Waals surface area contributed by atoms with E-state index in [2.05, 4.69) is 10.3 Å². The summed E-state index contributed by atoms with van der Waals surface area (Å²) in [5, 5.41) is 2.95. The van der Waals surface area contributed by atoms with Gasteiger partial charge in [-0.1, -0.05) is 30.3 Å². The number of aryl methyl sites for hydroxylation is 2. The van der Waals surface area contributed by atoms with Crippen LogP contribution in [0.3, 0.4) is 0 Å². The Labute approximate surface area is 129 Å². The van der Waals surface area contributed by atoms with E-state index in [1.165, 1.54) is 0 Å². The Balaban J connectivity index is 1.63. The third-order valence-electron chi connectivity index (χ3n) is 3.66. The molecule has 0 saturated heterocycles. The predicted octanol–water partition coefficient (Wildman–Crippen LogP) is 3.30. The van der Waals surface area contributed by atoms with Crippen LogP contribution in [0.1, 0.15) is 22.6 Å². The molecule has 0 fully saturated rings. The number of nitrogens with zero attached hydrogens (tertiary/aromatic N) is 1. The van der Waals surface area contributed by atoms with Crippen LogP contribution >= 0.6 is 0 Å². The molecule has 1 aromatic heterocycles. The molecule has 0 atom stereocenters. The lowest BCUT2D eigenvalue weighted by Gasteiger charge is -2.07. The van der Waals surface area contributed by atoms with E-state index in [1.54, 1.807) is 0 Å². The maximum Gasteiger partial charge on any atom is 0.224 e. The number of hydrogen-bond donors (Lipinski definition) is 1. The minimum absolute atomic E-state index is 0.0168. The summed E-state index contributed by atoms with van der Waals surface area (Å²) >= 11 is 0. The lowest BCUT2D eigenvalue weighted by Crippen LogP contribution is -2.24. The third-order valence-corrected chi connectivity index (χ3v) is 3.66. The Morgan fingerprint density at radius 1 is 1.18 bits per heavy atom. The molecule has 0 aliphatic carbocycles. The highest BCUT2D eigenvalue weighted by Gasteiger charge is 2.07. The fourth-order valence-corrected chi connectivity index (χ4v) is 2.44. The first-order valence-corrected chi connectivity index (χ1v) is 7.29. The number of fused-ring (bicyclic) bond motifs is 1. The van der Waals surface area contributed by atoms with Gasteiger partial charge in [0.25, 0.3) is 0 Å². The Morgan fingerprint density at radius 3 is 2.82 bits per heavy atom. The quantitative estimate of drug-likeness (QED) is 0.803. The molecule has 112 valence electrons. The van der Waals surface area contributed by atoms with Crippen LogP contribution < -0.4 is 5.32 Å². The molecule has 2 aromatic carbocycles. The van der Waals surface area contributed by atoms with E-state index in [1.807, 2.05) is 56.3 Å². The van der Waals surface area contributed by atoms with Gasteiger partial charge >= 0.3 is 0 Å². The smallest absolute Gasteiger partial charge is 0.224 e. The van der Waals surface area contributed by atoms with Crippen molar-refractivity contribution in [3.05, 3.63) is 65.0 Å². The van der Waals surface area contributed by atoms with Crippen LogP contribution in [0.4, 0.5) is 0 Å². The molecule has 0 unspecified atom stereocenters. The van der Waals surface area contributed by atoms with Gasteiger partial charge in [0.1, 0.15) is 5.52 Å². The summed E-state index contributed by atoms with van der Waals surface area (Å²) in [5.74, 6) is 0.666. The summed E-state index contributed by atoms with van der Waals surface area (Å²) in [6.45, 7) is 4.33. The maximum absolute atomic E-state index is 12.1. The molecule has 4 heteroatoms. The van der Waals surface area contributed by atoms with Gasteiger partial charge in [-0.2, -0.15) is 0 Å². The predicted molar refractivity (Wildman–Crippen MR) is 85.5 cm³/mol. The highest BCUT2D eigenvalue weighted by atomic mass is 16.3. The molecule has 1 N–H and O–H groups in total. The van der Waals surface area contributed by atoms with Gasteiger partial charge < -0.3 is 9.73 Å². The number of carbonyl (C=O) groups excluding carboxylic acids is 1. The van der Waals surface area contributed by atoms with Crippen LogP contribution in [0.15, 0.2) is 46.9 Å². The molecule has 22 heavy (non-hydrogen) atoms. The number of rotatable bonds is 4. The van der Waals surface area contributed by atoms with Gasteiger partial charge in [-0.05, 0) is 35.7 Å². The lowest BCUT2D eigenvalue weighted by atomic mass is 10.1. The lowest BCUT2D eigenvalue weighted by molar-refractivity contribution is -0.120. The molecular formula is C18H18N2O2. The van der Waals surface area contributed by atoms with E-state index in [0.717, 1.165) is 27.8 Å². The summed E-state index contributed by atoms with van der Waals surface area (Å²) in [4.78, 5) is 16.3. The molecule has 1 heterocycles. The van der Waals surface area contributed by atoms with Crippen LogP contribution in [0.2, 0.25) is 0 Å². The number of benzene rings is 2. The zero-order valence-corrected chi connectivity index (χ0v) is 12.7. The van der Waals surface area contributed by atoms with Crippen LogP contribution in [-0.2, 0) is 17.8 Å². The van der Waals surface area contributed by atoms with Gasteiger partial charge in [-0.25, -0.2) is 4.98 Å². The van der Waals surface area contributed by atoms with E-state index in [-0.39, 0.29) is 5.91 Å². The van der Waals surface area contributed by atoms with E-state index in [4.69, 9.17) is 4.42 Å². The summed E-state index contributed by atoms with van der Waals surface area (Å²) < 4.78 is 5.50. The van der Waals surface area contributed by atoms with Gasteiger partial charge in [0.05, 0.1) is 6.42 Å². The van der Waals surface area contributed by atoms with Crippen molar-refractivity contribution in [3.63, 3.8) is 0 Å². The molecule has 1 amide bonds. The minimum Gasteiger partial charge on any atom is -0.441 e. The van der Waals surface area contributed by atoms with Crippen molar-refractivity contribution in [2.75, 3.05) is 0 Å². The zero-order valence-electron chi connectivity index (χ0n) is 12.7. The molecule has 0 aliphatic heterocycles. The van der Waals surface area contributed by atoms with Crippen LogP contribution in [-0.4, -0.2) is 10.9 Å². The van der Waals surface area contributed by atoms with Gasteiger partial charge in [0.15, 0.2) is 11.5 Å². The zero-order chi connectivity index (χ0) is 15.5. The highest BCUT2D eigenvalue weighted by molar-refractivity contribution is 5.79. The normalized spacial score (nSPS) is 10.8. The topological polar surface area (TPSA) is 55.1 Å². The average molecular weight is 294 g/mol. The second-order valence-corrected chi connectivity index (χ2v) is 5.41. The van der Waals surface area contributed by atoms with Gasteiger partial charge in [-0.15, -0.1) is 0 Å². The number of oxazole rings is 1. The van der Waals surface area contributed by atoms with Crippen molar-refractivity contribution in [3.8, 4) is 0 Å². The molecule has 0 saturated carbocycles. The number of carbonyl (C=O) groups is 1. The van der Waals surface area contributed by atoms with Gasteiger partial charge in [-0.3, -0.25) is 4.79 Å². The Bertz CT molecular complexity index is 821. The Hall–Kier alpha value is -2.62. The Kier molecular flexibility index (Phi) is 3.92. The molecule has 3 aromatic rings. The van der Waals surface area contributed by atoms with Crippen LogP contribution in [0.25, 0.3) is 11.1 Å². The van der Waals surface area contributed by atoms with Crippen molar-refractivity contribution in [1.29, 1.82) is 0 Å². The second kappa shape index (κ2) is 6.02. The summed E-state index contributed by atoms with van der Waals surface area (Å²) in [6, 6.07) is 13.7. The molecular weight excluding hydrogens is 276 g/mol. The highest BCUT2D eigenvalue weighted by Crippen LogP contribution is 2.16. The van der Waals surface area contributed by atoms with Crippen LogP contribution in [0.5, 0.6) is 0 Å². The molecule has 4 nitrogen and oxygen atoms in total. The summed E-state index contributed by atoms with van der Waals surface area (Å²) in [7, 11) is 0. The summed E-state index contributed by atoms with van der Waals surface area (Å²) in [5.41, 5.74) is 4.79. The summed E-state index contributed by atoms with van der Waals surface area (Å²) in [6.07, 6.45) is 0.399. The fraction of sp³-hybridized carbons (Fsp3) is 0.222. The molecule has 0 radical (unpaired) electrons. The van der Waals surface area contributed by atoms with Gasteiger partial charge in [0, 0.05) is 13.5 Å². The first-order valence-electron chi connectivity index (χ1n) is 7.29.